The Labute approximate surface area is 130 Å². The van der Waals surface area contributed by atoms with E-state index in [2.05, 4.69) is 0 Å². The van der Waals surface area contributed by atoms with Gasteiger partial charge in [-0.25, -0.2) is 0 Å². The average molecular weight is 339 g/mol. The summed E-state index contributed by atoms with van der Waals surface area (Å²) >= 11 is 0. The standard InChI is InChI=1S/C15H18F5NO2/c1-10(2)21(8-7-13(22)23)9-11-3-5-12(6-4-11)14(16,17)15(18,19)20/h3-6,10H,7-9H2,1-2H3,(H,22,23). The fourth-order valence-corrected chi connectivity index (χ4v) is 1.98. The number of aliphatic carboxylic acids is 1. The maximum atomic E-state index is 13.2. The highest BCUT2D eigenvalue weighted by molar-refractivity contribution is 5.66. The quantitative estimate of drug-likeness (QED) is 0.763. The van der Waals surface area contributed by atoms with Crippen molar-refractivity contribution in [1.82, 2.24) is 4.90 Å². The van der Waals surface area contributed by atoms with Gasteiger partial charge in [0.2, 0.25) is 0 Å². The lowest BCUT2D eigenvalue weighted by Gasteiger charge is -2.26. The highest BCUT2D eigenvalue weighted by atomic mass is 19.4. The molecule has 1 N–H and O–H groups in total. The molecule has 0 aliphatic carbocycles. The molecule has 0 bridgehead atoms. The molecule has 0 saturated heterocycles. The minimum absolute atomic E-state index is 0.00522. The zero-order chi connectivity index (χ0) is 17.8. The van der Waals surface area contributed by atoms with Gasteiger partial charge in [0.05, 0.1) is 6.42 Å². The summed E-state index contributed by atoms with van der Waals surface area (Å²) in [7, 11) is 0. The highest BCUT2D eigenvalue weighted by Crippen LogP contribution is 2.43. The monoisotopic (exact) mass is 339 g/mol. The molecule has 1 aromatic carbocycles. The number of halogens is 5. The Balaban J connectivity index is 2.85. The van der Waals surface area contributed by atoms with Gasteiger partial charge < -0.3 is 5.11 Å². The summed E-state index contributed by atoms with van der Waals surface area (Å²) in [4.78, 5) is 12.4. The molecule has 23 heavy (non-hydrogen) atoms. The number of carboxylic acids is 1. The van der Waals surface area contributed by atoms with Gasteiger partial charge in [-0.15, -0.1) is 0 Å². The molecular weight excluding hydrogens is 321 g/mol. The Bertz CT molecular complexity index is 526. The molecule has 0 aromatic heterocycles. The molecule has 0 aliphatic rings. The molecule has 1 rings (SSSR count). The Hall–Kier alpha value is -1.70. The second-order valence-electron chi connectivity index (χ2n) is 5.48. The van der Waals surface area contributed by atoms with Crippen LogP contribution in [-0.4, -0.2) is 34.7 Å². The molecule has 0 spiro atoms. The van der Waals surface area contributed by atoms with Crippen LogP contribution in [-0.2, 0) is 17.3 Å². The SMILES string of the molecule is CC(C)N(CCC(=O)O)Cc1ccc(C(F)(F)C(F)(F)F)cc1. The van der Waals surface area contributed by atoms with E-state index in [1.165, 1.54) is 12.1 Å². The molecule has 0 heterocycles. The Morgan fingerprint density at radius 2 is 1.65 bits per heavy atom. The van der Waals surface area contributed by atoms with E-state index in [4.69, 9.17) is 5.11 Å². The molecule has 0 atom stereocenters. The van der Waals surface area contributed by atoms with Gasteiger partial charge in [-0.2, -0.15) is 22.0 Å². The number of alkyl halides is 5. The van der Waals surface area contributed by atoms with Crippen molar-refractivity contribution >= 4 is 5.97 Å². The molecule has 130 valence electrons. The molecule has 0 fully saturated rings. The maximum Gasteiger partial charge on any atom is 0.458 e. The van der Waals surface area contributed by atoms with E-state index >= 15 is 0 Å². The van der Waals surface area contributed by atoms with E-state index in [9.17, 15) is 26.7 Å². The molecular formula is C15H18F5NO2. The summed E-state index contributed by atoms with van der Waals surface area (Å²) in [5, 5.41) is 8.70. The van der Waals surface area contributed by atoms with Crippen LogP contribution < -0.4 is 0 Å². The first-order valence-corrected chi connectivity index (χ1v) is 6.95. The fraction of sp³-hybridized carbons (Fsp3) is 0.533. The lowest BCUT2D eigenvalue weighted by atomic mass is 10.1. The summed E-state index contributed by atoms with van der Waals surface area (Å²) in [6.07, 6.45) is -5.72. The average Bonchev–Trinajstić information content (AvgIpc) is 2.42. The molecule has 0 saturated carbocycles. The molecule has 0 radical (unpaired) electrons. The molecule has 3 nitrogen and oxygen atoms in total. The molecule has 0 unspecified atom stereocenters. The van der Waals surface area contributed by atoms with E-state index in [1.807, 2.05) is 13.8 Å². The number of carboxylic acid groups (broad SMARTS) is 1. The second kappa shape index (κ2) is 7.25. The summed E-state index contributed by atoms with van der Waals surface area (Å²) in [6.45, 7) is 4.21. The van der Waals surface area contributed by atoms with Crippen LogP contribution in [0.1, 0.15) is 31.4 Å². The maximum absolute atomic E-state index is 13.2. The van der Waals surface area contributed by atoms with Crippen molar-refractivity contribution in [3.05, 3.63) is 35.4 Å². The summed E-state index contributed by atoms with van der Waals surface area (Å²) in [5.41, 5.74) is -0.582. The van der Waals surface area contributed by atoms with Crippen LogP contribution in [0.5, 0.6) is 0 Å². The van der Waals surface area contributed by atoms with Gasteiger partial charge in [0.15, 0.2) is 0 Å². The molecule has 8 heteroatoms. The van der Waals surface area contributed by atoms with Gasteiger partial charge in [0.1, 0.15) is 0 Å². The van der Waals surface area contributed by atoms with Crippen LogP contribution >= 0.6 is 0 Å². The van der Waals surface area contributed by atoms with Crippen LogP contribution in [0.15, 0.2) is 24.3 Å². The van der Waals surface area contributed by atoms with Gasteiger partial charge in [0, 0.05) is 24.7 Å². The molecule has 0 aliphatic heterocycles. The third-order valence-electron chi connectivity index (χ3n) is 3.40. The Kier molecular flexibility index (Phi) is 6.10. The largest absolute Gasteiger partial charge is 0.481 e. The summed E-state index contributed by atoms with van der Waals surface area (Å²) < 4.78 is 63.3. The lowest BCUT2D eigenvalue weighted by molar-refractivity contribution is -0.289. The van der Waals surface area contributed by atoms with Crippen molar-refractivity contribution in [1.29, 1.82) is 0 Å². The van der Waals surface area contributed by atoms with Crippen LogP contribution in [0, 0.1) is 0 Å². The molecule has 0 amide bonds. The van der Waals surface area contributed by atoms with Gasteiger partial charge in [-0.05, 0) is 19.4 Å². The van der Waals surface area contributed by atoms with Crippen LogP contribution in [0.3, 0.4) is 0 Å². The van der Waals surface area contributed by atoms with Crippen LogP contribution in [0.2, 0.25) is 0 Å². The van der Waals surface area contributed by atoms with E-state index in [-0.39, 0.29) is 25.6 Å². The zero-order valence-corrected chi connectivity index (χ0v) is 12.7. The minimum Gasteiger partial charge on any atom is -0.481 e. The number of benzene rings is 1. The first-order valence-electron chi connectivity index (χ1n) is 6.95. The fourth-order valence-electron chi connectivity index (χ4n) is 1.98. The van der Waals surface area contributed by atoms with Gasteiger partial charge in [-0.1, -0.05) is 24.3 Å². The van der Waals surface area contributed by atoms with E-state index in [1.54, 1.807) is 4.90 Å². The van der Waals surface area contributed by atoms with Crippen molar-refractivity contribution in [3.8, 4) is 0 Å². The van der Waals surface area contributed by atoms with E-state index in [0.717, 1.165) is 12.1 Å². The van der Waals surface area contributed by atoms with Crippen LogP contribution in [0.25, 0.3) is 0 Å². The first-order chi connectivity index (χ1) is 10.4. The number of hydrogen-bond acceptors (Lipinski definition) is 2. The second-order valence-corrected chi connectivity index (χ2v) is 5.48. The van der Waals surface area contributed by atoms with E-state index in [0.29, 0.717) is 5.56 Å². The highest BCUT2D eigenvalue weighted by Gasteiger charge is 2.58. The predicted molar refractivity (Wildman–Crippen MR) is 74.2 cm³/mol. The predicted octanol–water partition coefficient (Wildman–Crippen LogP) is 4.03. The van der Waals surface area contributed by atoms with Gasteiger partial charge >= 0.3 is 18.1 Å². The van der Waals surface area contributed by atoms with Gasteiger partial charge in [-0.3, -0.25) is 9.69 Å². The van der Waals surface area contributed by atoms with Crippen molar-refractivity contribution in [2.75, 3.05) is 6.54 Å². The number of carbonyl (C=O) groups is 1. The third kappa shape index (κ3) is 5.16. The number of hydrogen-bond donors (Lipinski definition) is 1. The summed E-state index contributed by atoms with van der Waals surface area (Å²) in [6, 6.07) is 3.90. The van der Waals surface area contributed by atoms with E-state index < -0.39 is 23.6 Å². The summed E-state index contributed by atoms with van der Waals surface area (Å²) in [5.74, 6) is -5.86. The topological polar surface area (TPSA) is 40.5 Å². The zero-order valence-electron chi connectivity index (χ0n) is 12.7. The van der Waals surface area contributed by atoms with Gasteiger partial charge in [0.25, 0.3) is 0 Å². The normalized spacial score (nSPS) is 12.9. The third-order valence-corrected chi connectivity index (χ3v) is 3.40. The minimum atomic E-state index is -5.64. The smallest absolute Gasteiger partial charge is 0.458 e. The van der Waals surface area contributed by atoms with Crippen molar-refractivity contribution in [2.45, 2.75) is 45.0 Å². The van der Waals surface area contributed by atoms with Crippen LogP contribution in [0.4, 0.5) is 22.0 Å². The van der Waals surface area contributed by atoms with Crippen molar-refractivity contribution in [2.24, 2.45) is 0 Å². The number of nitrogens with zero attached hydrogens (tertiary/aromatic N) is 1. The number of rotatable bonds is 7. The lowest BCUT2D eigenvalue weighted by Crippen LogP contribution is -2.34. The van der Waals surface area contributed by atoms with Crippen molar-refractivity contribution < 1.29 is 31.9 Å². The first kappa shape index (κ1) is 19.3. The Morgan fingerprint density at radius 1 is 1.13 bits per heavy atom. The molecule has 1 aromatic rings. The Morgan fingerprint density at radius 3 is 2.04 bits per heavy atom. The van der Waals surface area contributed by atoms with Crippen molar-refractivity contribution in [3.63, 3.8) is 0 Å².